The smallest absolute Gasteiger partial charge is 0.240 e. The molecule has 0 atom stereocenters. The van der Waals surface area contributed by atoms with Crippen molar-refractivity contribution in [2.24, 2.45) is 0 Å². The number of anilines is 1. The minimum atomic E-state index is -3.79. The summed E-state index contributed by atoms with van der Waals surface area (Å²) in [5, 5.41) is 3.03. The summed E-state index contributed by atoms with van der Waals surface area (Å²) in [4.78, 5) is 12.4. The second kappa shape index (κ2) is 7.80. The van der Waals surface area contributed by atoms with E-state index in [1.807, 2.05) is 11.5 Å². The minimum absolute atomic E-state index is 0.0672. The number of aryl methyl sites for hydroxylation is 2. The average Bonchev–Trinajstić information content (AvgIpc) is 3.07. The van der Waals surface area contributed by atoms with Gasteiger partial charge in [-0.15, -0.1) is 0 Å². The van der Waals surface area contributed by atoms with E-state index in [0.29, 0.717) is 23.7 Å². The lowest BCUT2D eigenvalue weighted by Gasteiger charge is -2.11. The van der Waals surface area contributed by atoms with Crippen LogP contribution in [-0.2, 0) is 10.0 Å². The first kappa shape index (κ1) is 18.9. The van der Waals surface area contributed by atoms with Gasteiger partial charge in [0, 0.05) is 31.5 Å². The van der Waals surface area contributed by atoms with Crippen LogP contribution in [0.25, 0.3) is 5.82 Å². The molecule has 0 bridgehead atoms. The van der Waals surface area contributed by atoms with Crippen LogP contribution in [0.3, 0.4) is 0 Å². The Morgan fingerprint density at radius 3 is 2.67 bits per heavy atom. The Bertz CT molecular complexity index is 1050. The van der Waals surface area contributed by atoms with Crippen molar-refractivity contribution in [2.45, 2.75) is 18.7 Å². The fraction of sp³-hybridized carbons (Fsp3) is 0.235. The molecule has 3 rings (SSSR count). The van der Waals surface area contributed by atoms with E-state index in [1.165, 1.54) is 18.5 Å². The van der Waals surface area contributed by atoms with Gasteiger partial charge in [-0.05, 0) is 31.5 Å². The quantitative estimate of drug-likeness (QED) is 0.597. The number of imidazole rings is 1. The number of aromatic nitrogens is 4. The van der Waals surface area contributed by atoms with Crippen molar-refractivity contribution in [1.29, 1.82) is 0 Å². The van der Waals surface area contributed by atoms with E-state index in [1.54, 1.807) is 25.4 Å². The first-order valence-electron chi connectivity index (χ1n) is 8.19. The number of rotatable bonds is 7. The Kier molecular flexibility index (Phi) is 5.47. The third-order valence-corrected chi connectivity index (χ3v) is 5.49. The fourth-order valence-electron chi connectivity index (χ4n) is 2.51. The number of halogens is 1. The molecule has 0 aliphatic carbocycles. The largest absolute Gasteiger partial charge is 0.369 e. The van der Waals surface area contributed by atoms with Gasteiger partial charge in [0.2, 0.25) is 10.0 Å². The van der Waals surface area contributed by atoms with Gasteiger partial charge in [-0.2, -0.15) is 0 Å². The van der Waals surface area contributed by atoms with Gasteiger partial charge >= 0.3 is 0 Å². The maximum atomic E-state index is 13.3. The molecule has 3 aromatic rings. The lowest BCUT2D eigenvalue weighted by molar-refractivity contribution is 0.578. The summed E-state index contributed by atoms with van der Waals surface area (Å²) in [5.74, 6) is 1.40. The summed E-state index contributed by atoms with van der Waals surface area (Å²) in [6.45, 7) is 3.89. The number of benzene rings is 1. The molecule has 2 aromatic heterocycles. The predicted molar refractivity (Wildman–Crippen MR) is 98.7 cm³/mol. The molecule has 0 amide bonds. The molecule has 1 aromatic carbocycles. The average molecular weight is 390 g/mol. The molecule has 142 valence electrons. The highest BCUT2D eigenvalue weighted by molar-refractivity contribution is 7.89. The van der Waals surface area contributed by atoms with Crippen LogP contribution >= 0.6 is 0 Å². The monoisotopic (exact) mass is 390 g/mol. The van der Waals surface area contributed by atoms with Crippen LogP contribution in [0.15, 0.2) is 47.9 Å². The fourth-order valence-corrected chi connectivity index (χ4v) is 3.80. The topological polar surface area (TPSA) is 102 Å². The Hall–Kier alpha value is -2.85. The molecule has 27 heavy (non-hydrogen) atoms. The van der Waals surface area contributed by atoms with Gasteiger partial charge in [0.1, 0.15) is 29.6 Å². The predicted octanol–water partition coefficient (Wildman–Crippen LogP) is 1.81. The Morgan fingerprint density at radius 1 is 1.11 bits per heavy atom. The van der Waals surface area contributed by atoms with Crippen LogP contribution in [0.5, 0.6) is 0 Å². The minimum Gasteiger partial charge on any atom is -0.369 e. The maximum absolute atomic E-state index is 13.3. The van der Waals surface area contributed by atoms with E-state index in [2.05, 4.69) is 25.0 Å². The highest BCUT2D eigenvalue weighted by atomic mass is 32.2. The van der Waals surface area contributed by atoms with Gasteiger partial charge in [-0.3, -0.25) is 4.57 Å². The van der Waals surface area contributed by atoms with E-state index in [-0.39, 0.29) is 11.4 Å². The van der Waals surface area contributed by atoms with Gasteiger partial charge in [0.15, 0.2) is 0 Å². The SMILES string of the molecule is Cc1ccc(F)cc1S(=O)(=O)NCCNc1cc(-n2ccnc2C)ncn1. The number of nitrogens with one attached hydrogen (secondary N) is 2. The van der Waals surface area contributed by atoms with Crippen molar-refractivity contribution in [3.63, 3.8) is 0 Å². The third kappa shape index (κ3) is 4.47. The zero-order valence-electron chi connectivity index (χ0n) is 14.8. The van der Waals surface area contributed by atoms with Gasteiger partial charge in [0.05, 0.1) is 4.90 Å². The summed E-state index contributed by atoms with van der Waals surface area (Å²) in [7, 11) is -3.79. The zero-order valence-corrected chi connectivity index (χ0v) is 15.7. The molecule has 8 nitrogen and oxygen atoms in total. The van der Waals surface area contributed by atoms with Crippen LogP contribution in [0.1, 0.15) is 11.4 Å². The van der Waals surface area contributed by atoms with Crippen molar-refractivity contribution in [3.05, 3.63) is 60.2 Å². The van der Waals surface area contributed by atoms with Gasteiger partial charge < -0.3 is 5.32 Å². The second-order valence-electron chi connectivity index (χ2n) is 5.84. The molecule has 0 saturated heterocycles. The Balaban J connectivity index is 1.61. The van der Waals surface area contributed by atoms with Gasteiger partial charge in [-0.25, -0.2) is 32.5 Å². The van der Waals surface area contributed by atoms with E-state index >= 15 is 0 Å². The first-order valence-corrected chi connectivity index (χ1v) is 9.67. The molecular weight excluding hydrogens is 371 g/mol. The first-order chi connectivity index (χ1) is 12.9. The molecule has 10 heteroatoms. The number of hydrogen-bond acceptors (Lipinski definition) is 6. The highest BCUT2D eigenvalue weighted by Gasteiger charge is 2.17. The summed E-state index contributed by atoms with van der Waals surface area (Å²) >= 11 is 0. The molecule has 2 heterocycles. The Labute approximate surface area is 156 Å². The normalized spacial score (nSPS) is 11.5. The standard InChI is InChI=1S/C17H19FN6O2S/c1-12-3-4-14(18)9-15(12)27(25,26)23-6-5-20-16-10-17(22-11-21-16)24-8-7-19-13(24)2/h3-4,7-11,23H,5-6H2,1-2H3,(H,20,21,22). The molecule has 0 unspecified atom stereocenters. The van der Waals surface area contributed by atoms with Crippen molar-refractivity contribution in [3.8, 4) is 5.82 Å². The molecule has 0 saturated carbocycles. The van der Waals surface area contributed by atoms with Crippen molar-refractivity contribution in [2.75, 3.05) is 18.4 Å². The van der Waals surface area contributed by atoms with E-state index in [9.17, 15) is 12.8 Å². The van der Waals surface area contributed by atoms with Gasteiger partial charge in [0.25, 0.3) is 0 Å². The molecule has 0 aliphatic rings. The molecule has 0 fully saturated rings. The highest BCUT2D eigenvalue weighted by Crippen LogP contribution is 2.16. The van der Waals surface area contributed by atoms with Crippen molar-refractivity contribution >= 4 is 15.8 Å². The third-order valence-electron chi connectivity index (χ3n) is 3.89. The Morgan fingerprint density at radius 2 is 1.93 bits per heavy atom. The van der Waals surface area contributed by atoms with Crippen LogP contribution in [-0.4, -0.2) is 41.0 Å². The van der Waals surface area contributed by atoms with Crippen LogP contribution in [0.4, 0.5) is 10.2 Å². The van der Waals surface area contributed by atoms with Gasteiger partial charge in [-0.1, -0.05) is 6.07 Å². The molecular formula is C17H19FN6O2S. The van der Waals surface area contributed by atoms with E-state index in [0.717, 1.165) is 11.9 Å². The second-order valence-corrected chi connectivity index (χ2v) is 7.58. The molecule has 2 N–H and O–H groups in total. The van der Waals surface area contributed by atoms with E-state index in [4.69, 9.17) is 0 Å². The molecule has 0 aliphatic heterocycles. The van der Waals surface area contributed by atoms with Crippen LogP contribution < -0.4 is 10.0 Å². The summed E-state index contributed by atoms with van der Waals surface area (Å²) in [5.41, 5.74) is 0.480. The number of sulfonamides is 1. The summed E-state index contributed by atoms with van der Waals surface area (Å²) < 4.78 is 42.2. The van der Waals surface area contributed by atoms with Crippen LogP contribution in [0, 0.1) is 19.7 Å². The summed E-state index contributed by atoms with van der Waals surface area (Å²) in [6, 6.07) is 5.41. The van der Waals surface area contributed by atoms with Crippen LogP contribution in [0.2, 0.25) is 0 Å². The lowest BCUT2D eigenvalue weighted by atomic mass is 10.2. The van der Waals surface area contributed by atoms with Crippen molar-refractivity contribution < 1.29 is 12.8 Å². The summed E-state index contributed by atoms with van der Waals surface area (Å²) in [6.07, 6.45) is 4.88. The zero-order chi connectivity index (χ0) is 19.4. The van der Waals surface area contributed by atoms with Crippen molar-refractivity contribution in [1.82, 2.24) is 24.2 Å². The number of nitrogens with zero attached hydrogens (tertiary/aromatic N) is 4. The maximum Gasteiger partial charge on any atom is 0.240 e. The number of hydrogen-bond donors (Lipinski definition) is 2. The molecule has 0 radical (unpaired) electrons. The van der Waals surface area contributed by atoms with E-state index < -0.39 is 15.8 Å². The molecule has 0 spiro atoms. The lowest BCUT2D eigenvalue weighted by Crippen LogP contribution is -2.29.